The molecule has 1 aromatic rings. The van der Waals surface area contributed by atoms with Crippen LogP contribution in [0.1, 0.15) is 24.8 Å². The smallest absolute Gasteiger partial charge is 0.0543 e. The zero-order valence-corrected chi connectivity index (χ0v) is 9.80. The van der Waals surface area contributed by atoms with Crippen molar-refractivity contribution in [2.45, 2.75) is 31.8 Å². The Labute approximate surface area is 95.3 Å². The van der Waals surface area contributed by atoms with Crippen LogP contribution in [0.4, 0.5) is 0 Å². The first-order valence-electron chi connectivity index (χ1n) is 5.74. The second kappa shape index (κ2) is 5.64. The van der Waals surface area contributed by atoms with Crippen LogP contribution < -0.4 is 5.32 Å². The van der Waals surface area contributed by atoms with Crippen molar-refractivity contribution in [1.82, 2.24) is 5.32 Å². The predicted octanol–water partition coefficient (Wildman–Crippen LogP) is 2.04. The van der Waals surface area contributed by atoms with Gasteiger partial charge in [0.2, 0.25) is 0 Å². The van der Waals surface area contributed by atoms with Gasteiger partial charge in [0, 0.05) is 0 Å². The maximum Gasteiger partial charge on any atom is 0.0543 e. The summed E-state index contributed by atoms with van der Waals surface area (Å²) >= 11 is 1.76. The molecule has 0 spiro atoms. The Balaban J connectivity index is 1.55. The van der Waals surface area contributed by atoms with Crippen molar-refractivity contribution in [2.75, 3.05) is 13.1 Å². The van der Waals surface area contributed by atoms with Crippen LogP contribution in [-0.4, -0.2) is 24.3 Å². The fraction of sp³-hybridized carbons (Fsp3) is 0.667. The monoisotopic (exact) mass is 225 g/mol. The van der Waals surface area contributed by atoms with E-state index in [0.29, 0.717) is 5.92 Å². The third-order valence-corrected chi connectivity index (χ3v) is 3.85. The van der Waals surface area contributed by atoms with Gasteiger partial charge in [-0.3, -0.25) is 0 Å². The van der Waals surface area contributed by atoms with Crippen molar-refractivity contribution in [2.24, 2.45) is 5.92 Å². The van der Waals surface area contributed by atoms with E-state index in [4.69, 9.17) is 0 Å². The lowest BCUT2D eigenvalue weighted by Gasteiger charge is -2.10. The molecule has 0 radical (unpaired) electrons. The van der Waals surface area contributed by atoms with Crippen molar-refractivity contribution < 1.29 is 5.11 Å². The summed E-state index contributed by atoms with van der Waals surface area (Å²) in [7, 11) is 0. The van der Waals surface area contributed by atoms with Gasteiger partial charge in [-0.1, -0.05) is 0 Å². The van der Waals surface area contributed by atoms with E-state index in [-0.39, 0.29) is 6.10 Å². The lowest BCUT2D eigenvalue weighted by atomic mass is 10.1. The molecule has 2 atom stereocenters. The lowest BCUT2D eigenvalue weighted by molar-refractivity contribution is 0.177. The summed E-state index contributed by atoms with van der Waals surface area (Å²) in [6.07, 6.45) is 4.27. The molecule has 2 unspecified atom stereocenters. The van der Waals surface area contributed by atoms with Gasteiger partial charge in [0.25, 0.3) is 0 Å². The van der Waals surface area contributed by atoms with Crippen molar-refractivity contribution >= 4 is 11.3 Å². The van der Waals surface area contributed by atoms with Gasteiger partial charge in [0.15, 0.2) is 0 Å². The van der Waals surface area contributed by atoms with Crippen LogP contribution in [0, 0.1) is 5.92 Å². The molecule has 15 heavy (non-hydrogen) atoms. The van der Waals surface area contributed by atoms with Gasteiger partial charge in [-0.2, -0.15) is 11.3 Å². The molecule has 0 bridgehead atoms. The van der Waals surface area contributed by atoms with E-state index in [0.717, 1.165) is 32.4 Å². The first kappa shape index (κ1) is 11.1. The molecule has 1 fully saturated rings. The van der Waals surface area contributed by atoms with Gasteiger partial charge in [-0.15, -0.1) is 0 Å². The molecule has 0 aliphatic heterocycles. The molecule has 0 saturated heterocycles. The van der Waals surface area contributed by atoms with Crippen molar-refractivity contribution in [3.05, 3.63) is 22.4 Å². The minimum atomic E-state index is -0.0336. The third kappa shape index (κ3) is 3.59. The van der Waals surface area contributed by atoms with E-state index in [2.05, 4.69) is 22.1 Å². The highest BCUT2D eigenvalue weighted by Crippen LogP contribution is 2.24. The lowest BCUT2D eigenvalue weighted by Crippen LogP contribution is -2.23. The highest BCUT2D eigenvalue weighted by molar-refractivity contribution is 7.07. The van der Waals surface area contributed by atoms with E-state index in [9.17, 15) is 5.11 Å². The highest BCUT2D eigenvalue weighted by atomic mass is 32.1. The average molecular weight is 225 g/mol. The summed E-state index contributed by atoms with van der Waals surface area (Å²) in [6, 6.07) is 2.19. The Morgan fingerprint density at radius 3 is 3.07 bits per heavy atom. The van der Waals surface area contributed by atoms with Crippen molar-refractivity contribution in [3.63, 3.8) is 0 Å². The van der Waals surface area contributed by atoms with Crippen LogP contribution >= 0.6 is 11.3 Å². The van der Waals surface area contributed by atoms with E-state index in [1.165, 1.54) is 12.0 Å². The summed E-state index contributed by atoms with van der Waals surface area (Å²) in [4.78, 5) is 0. The van der Waals surface area contributed by atoms with Gasteiger partial charge in [0.1, 0.15) is 0 Å². The number of aliphatic hydroxyl groups is 1. The van der Waals surface area contributed by atoms with Gasteiger partial charge < -0.3 is 10.4 Å². The van der Waals surface area contributed by atoms with Crippen molar-refractivity contribution in [3.8, 4) is 0 Å². The highest BCUT2D eigenvalue weighted by Gasteiger charge is 2.21. The van der Waals surface area contributed by atoms with Crippen LogP contribution in [0.5, 0.6) is 0 Å². The number of thiophene rings is 1. The topological polar surface area (TPSA) is 32.3 Å². The maximum absolute atomic E-state index is 9.38. The predicted molar refractivity (Wildman–Crippen MR) is 64.2 cm³/mol. The molecule has 0 amide bonds. The number of nitrogens with one attached hydrogen (secondary N) is 1. The Morgan fingerprint density at radius 1 is 1.47 bits per heavy atom. The van der Waals surface area contributed by atoms with Crippen LogP contribution in [0.15, 0.2) is 16.8 Å². The standard InChI is InChI=1S/C12H19NOS/c14-12-2-1-11(7-12)8-13-5-3-10-4-6-15-9-10/h4,6,9,11-14H,1-3,5,7-8H2. The fourth-order valence-electron chi connectivity index (χ4n) is 2.21. The summed E-state index contributed by atoms with van der Waals surface area (Å²) in [5.74, 6) is 0.697. The largest absolute Gasteiger partial charge is 0.393 e. The number of aliphatic hydroxyl groups excluding tert-OH is 1. The number of hydrogen-bond acceptors (Lipinski definition) is 3. The Kier molecular flexibility index (Phi) is 4.18. The molecule has 3 heteroatoms. The van der Waals surface area contributed by atoms with Gasteiger partial charge >= 0.3 is 0 Å². The molecule has 2 rings (SSSR count). The Hall–Kier alpha value is -0.380. The molecule has 1 aromatic heterocycles. The van der Waals surface area contributed by atoms with E-state index < -0.39 is 0 Å². The van der Waals surface area contributed by atoms with Crippen LogP contribution in [0.25, 0.3) is 0 Å². The molecular formula is C12H19NOS. The zero-order valence-electron chi connectivity index (χ0n) is 8.98. The Morgan fingerprint density at radius 2 is 2.40 bits per heavy atom. The molecule has 1 aliphatic rings. The van der Waals surface area contributed by atoms with Crippen LogP contribution in [0.3, 0.4) is 0 Å². The molecule has 1 aliphatic carbocycles. The SMILES string of the molecule is OC1CCC(CNCCc2ccsc2)C1. The molecule has 84 valence electrons. The molecule has 0 aromatic carbocycles. The number of hydrogen-bond donors (Lipinski definition) is 2. The number of rotatable bonds is 5. The van der Waals surface area contributed by atoms with Crippen molar-refractivity contribution in [1.29, 1.82) is 0 Å². The normalized spacial score (nSPS) is 25.9. The fourth-order valence-corrected chi connectivity index (χ4v) is 2.91. The first-order valence-corrected chi connectivity index (χ1v) is 6.68. The average Bonchev–Trinajstić information content (AvgIpc) is 2.84. The quantitative estimate of drug-likeness (QED) is 0.752. The van der Waals surface area contributed by atoms with Gasteiger partial charge in [0.05, 0.1) is 6.10 Å². The maximum atomic E-state index is 9.38. The summed E-state index contributed by atoms with van der Waals surface area (Å²) < 4.78 is 0. The van der Waals surface area contributed by atoms with E-state index >= 15 is 0 Å². The second-order valence-electron chi connectivity index (χ2n) is 4.42. The molecular weight excluding hydrogens is 206 g/mol. The molecule has 1 heterocycles. The molecule has 2 nitrogen and oxygen atoms in total. The Bertz CT molecular complexity index is 273. The molecule has 1 saturated carbocycles. The van der Waals surface area contributed by atoms with Gasteiger partial charge in [-0.05, 0) is 67.1 Å². The minimum Gasteiger partial charge on any atom is -0.393 e. The summed E-state index contributed by atoms with van der Waals surface area (Å²) in [5.41, 5.74) is 1.43. The summed E-state index contributed by atoms with van der Waals surface area (Å²) in [5, 5.41) is 17.2. The van der Waals surface area contributed by atoms with Gasteiger partial charge in [-0.25, -0.2) is 0 Å². The molecule has 2 N–H and O–H groups in total. The second-order valence-corrected chi connectivity index (χ2v) is 5.20. The van der Waals surface area contributed by atoms with E-state index in [1.54, 1.807) is 11.3 Å². The van der Waals surface area contributed by atoms with E-state index in [1.807, 2.05) is 0 Å². The minimum absolute atomic E-state index is 0.0336. The van der Waals surface area contributed by atoms with Crippen LogP contribution in [-0.2, 0) is 6.42 Å². The zero-order chi connectivity index (χ0) is 10.5. The summed E-state index contributed by atoms with van der Waals surface area (Å²) in [6.45, 7) is 2.13. The third-order valence-electron chi connectivity index (χ3n) is 3.12. The van der Waals surface area contributed by atoms with Crippen LogP contribution in [0.2, 0.25) is 0 Å². The first-order chi connectivity index (χ1) is 7.34.